The molecule has 4 aliphatic rings. The van der Waals surface area contributed by atoms with Gasteiger partial charge in [-0.2, -0.15) is 0 Å². The van der Waals surface area contributed by atoms with Crippen LogP contribution < -0.4 is 42.4 Å². The molecule has 4 aliphatic heterocycles. The molecular weight excluding hydrogens is 1080 g/mol. The van der Waals surface area contributed by atoms with Crippen molar-refractivity contribution in [2.75, 3.05) is 38.6 Å². The van der Waals surface area contributed by atoms with E-state index < -0.39 is 199 Å². The van der Waals surface area contributed by atoms with Crippen LogP contribution in [0.15, 0.2) is 23.2 Å². The zero-order valence-corrected chi connectivity index (χ0v) is 46.1. The molecule has 0 spiro atoms. The molecule has 1 aromatic heterocycles. The molecule has 28 nitrogen and oxygen atoms in total. The van der Waals surface area contributed by atoms with Crippen LogP contribution >= 0.6 is 0 Å². The summed E-state index contributed by atoms with van der Waals surface area (Å²) < 4.78 is 21.1. The van der Waals surface area contributed by atoms with Crippen LogP contribution in [0.2, 0.25) is 0 Å². The number of aromatic nitrogens is 1. The summed E-state index contributed by atoms with van der Waals surface area (Å²) in [5.41, 5.74) is 5.99. The summed E-state index contributed by atoms with van der Waals surface area (Å²) in [6.45, 7) is 2.01. The number of ether oxygens (including phenoxy) is 1. The number of ketones is 1. The highest BCUT2D eigenvalue weighted by Crippen LogP contribution is 2.31. The van der Waals surface area contributed by atoms with E-state index in [0.29, 0.717) is 54.7 Å². The summed E-state index contributed by atoms with van der Waals surface area (Å²) in [7, 11) is -2.38. The van der Waals surface area contributed by atoms with Crippen molar-refractivity contribution in [2.24, 2.45) is 23.5 Å². The lowest BCUT2D eigenvalue weighted by atomic mass is 9.93. The number of carbonyl (C=O) groups is 12. The van der Waals surface area contributed by atoms with Gasteiger partial charge in [0.15, 0.2) is 5.78 Å². The summed E-state index contributed by atoms with van der Waals surface area (Å²) >= 11 is 0. The van der Waals surface area contributed by atoms with Crippen molar-refractivity contribution >= 4 is 92.5 Å². The number of aliphatic hydroxyl groups is 3. The molecule has 5 heterocycles. The first-order chi connectivity index (χ1) is 38.5. The van der Waals surface area contributed by atoms with Crippen molar-refractivity contribution in [3.05, 3.63) is 23.8 Å². The van der Waals surface area contributed by atoms with Gasteiger partial charge in [0.1, 0.15) is 34.9 Å². The monoisotopic (exact) mass is 1160 g/mol. The predicted molar refractivity (Wildman–Crippen MR) is 282 cm³/mol. The van der Waals surface area contributed by atoms with Crippen LogP contribution in [0, 0.1) is 17.8 Å². The largest absolute Gasteiger partial charge is 0.494 e. The van der Waals surface area contributed by atoms with Crippen molar-refractivity contribution in [2.45, 2.75) is 152 Å². The average Bonchev–Trinajstić information content (AvgIpc) is 4.05. The number of hydroxylamine groups is 2. The maximum absolute atomic E-state index is 15.0. The highest BCUT2D eigenvalue weighted by Gasteiger charge is 2.45. The van der Waals surface area contributed by atoms with Crippen LogP contribution in [0.25, 0.3) is 10.9 Å². The van der Waals surface area contributed by atoms with Crippen LogP contribution in [-0.4, -0.2) is 186 Å². The third-order valence-electron chi connectivity index (χ3n) is 14.8. The standard InChI is InChI=1S/C52H72N10O18S/c1-4-26(2)45-49(75)55-21-40(68)56-35-25-81(78)51-32(31-12-11-30(19-33(31)58-51)79-15-9-7-5-6-8-10-44(72)80-62-42(70)13-14-43(62)71)20-34(47(73)54-22-41(69)59-45)57-50(76)46(27(3)38(66)24-63)60-48(74)36-18-29(64)23-61(36)52(77)28(16-37(35)65)17-39(53)67/h11-12,19,26-29,34-36,38,45-46,58,63-64,66H,4-10,13-18,20-25H2,1-3H3,(H2,53,67)(H,54,73)(H,55,75)(H,56,68)(H,57,76)(H,59,69)(H,60,74)/t26-,27-,28-,29+,34+,35-,36-,38-,45-,46-,81?/m0/s1. The average molecular weight is 1160 g/mol. The Kier molecular flexibility index (Phi) is 22.4. The zero-order chi connectivity index (χ0) is 59.2. The number of aliphatic hydroxyl groups excluding tert-OH is 3. The number of nitrogens with one attached hydrogen (secondary N) is 7. The third-order valence-corrected chi connectivity index (χ3v) is 16.2. The first-order valence-corrected chi connectivity index (χ1v) is 28.4. The molecule has 0 saturated carbocycles. The van der Waals surface area contributed by atoms with Gasteiger partial charge in [-0.25, -0.2) is 4.79 Å². The Bertz CT molecular complexity index is 2760. The first kappa shape index (κ1) is 62.8. The Morgan fingerprint density at radius 1 is 0.815 bits per heavy atom. The number of benzene rings is 1. The van der Waals surface area contributed by atoms with E-state index in [2.05, 4.69) is 36.9 Å². The summed E-state index contributed by atoms with van der Waals surface area (Å²) in [5.74, 6) is -14.5. The van der Waals surface area contributed by atoms with Crippen LogP contribution in [0.3, 0.4) is 0 Å². The number of imide groups is 1. The molecule has 2 saturated heterocycles. The number of fused-ring (bicyclic) bond motifs is 5. The van der Waals surface area contributed by atoms with Crippen LogP contribution in [-0.2, 0) is 79.6 Å². The molecule has 0 aliphatic carbocycles. The number of unbranched alkanes of at least 4 members (excludes halogenated alkanes) is 4. The molecule has 1 aromatic carbocycles. The van der Waals surface area contributed by atoms with E-state index in [9.17, 15) is 72.9 Å². The smallest absolute Gasteiger partial charge is 0.333 e. The second kappa shape index (κ2) is 28.9. The van der Waals surface area contributed by atoms with E-state index in [1.807, 2.05) is 0 Å². The lowest BCUT2D eigenvalue weighted by molar-refractivity contribution is -0.197. The van der Waals surface area contributed by atoms with Gasteiger partial charge in [-0.05, 0) is 36.5 Å². The highest BCUT2D eigenvalue weighted by atomic mass is 32.2. The van der Waals surface area contributed by atoms with Crippen molar-refractivity contribution < 1.29 is 86.6 Å². The maximum Gasteiger partial charge on any atom is 0.333 e. The molecule has 2 aromatic rings. The summed E-state index contributed by atoms with van der Waals surface area (Å²) in [6.07, 6.45) is -2.13. The number of Topliss-reactive ketones (excluding diaryl/α,β-unsaturated/α-hetero) is 1. The van der Waals surface area contributed by atoms with E-state index in [4.69, 9.17) is 15.3 Å². The van der Waals surface area contributed by atoms with Crippen LogP contribution in [0.1, 0.15) is 103 Å². The topological polar surface area (TPSA) is 422 Å². The minimum absolute atomic E-state index is 0.00832. The number of rotatable bonds is 17. The number of aromatic amines is 1. The SMILES string of the molecule is CC[C@H](C)[C@@H]1NC(=O)CNC(=O)[C@H]2Cc3c([nH]c4cc(OCCCCCCCC(=O)ON5C(=O)CCC5=O)ccc34)S(=O)C[C@H](NC(=O)CNC1=O)C(=O)C[C@@H](CC(N)=O)C(=O)N1C[C@H](O)C[C@H]1C(=O)N[C@@H]([C@@H](C)[C@@H](O)CO)C(=O)N2. The number of hydrogen-bond donors (Lipinski definition) is 11. The van der Waals surface area contributed by atoms with E-state index in [1.54, 1.807) is 32.0 Å². The van der Waals surface area contributed by atoms with Gasteiger partial charge in [0.05, 0.1) is 72.5 Å². The Hall–Kier alpha value is -7.37. The molecule has 29 heteroatoms. The second-order valence-corrected chi connectivity index (χ2v) is 22.3. The van der Waals surface area contributed by atoms with Crippen molar-refractivity contribution in [1.82, 2.24) is 46.8 Å². The molecule has 2 bridgehead atoms. The van der Waals surface area contributed by atoms with E-state index >= 15 is 4.21 Å². The fourth-order valence-electron chi connectivity index (χ4n) is 9.95. The van der Waals surface area contributed by atoms with E-state index in [0.717, 1.165) is 4.90 Å². The molecular formula is C52H72N10O18S. The number of nitrogens with two attached hydrogens (primary N) is 1. The van der Waals surface area contributed by atoms with Gasteiger partial charge in [-0.3, -0.25) is 56.9 Å². The normalized spacial score (nSPS) is 26.0. The molecule has 81 heavy (non-hydrogen) atoms. The Labute approximate surface area is 467 Å². The molecule has 444 valence electrons. The quantitative estimate of drug-likeness (QED) is 0.0549. The minimum atomic E-state index is -2.38. The van der Waals surface area contributed by atoms with Gasteiger partial charge in [-0.1, -0.05) is 46.5 Å². The number of carbonyl (C=O) groups excluding carboxylic acids is 12. The Morgan fingerprint density at radius 2 is 1.48 bits per heavy atom. The van der Waals surface area contributed by atoms with E-state index in [1.165, 1.54) is 6.92 Å². The molecule has 12 N–H and O–H groups in total. The number of nitrogens with zero attached hydrogens (tertiary/aromatic N) is 2. The Morgan fingerprint density at radius 3 is 2.16 bits per heavy atom. The molecule has 0 radical (unpaired) electrons. The number of primary amides is 1. The zero-order valence-electron chi connectivity index (χ0n) is 45.3. The molecule has 11 atom stereocenters. The van der Waals surface area contributed by atoms with E-state index in [-0.39, 0.29) is 42.0 Å². The third kappa shape index (κ3) is 16.6. The number of hydrogen-bond acceptors (Lipinski definition) is 18. The molecule has 2 fully saturated rings. The van der Waals surface area contributed by atoms with Crippen LogP contribution in [0.5, 0.6) is 5.75 Å². The van der Waals surface area contributed by atoms with Gasteiger partial charge in [0.25, 0.3) is 11.8 Å². The lowest BCUT2D eigenvalue weighted by Gasteiger charge is -2.32. The predicted octanol–water partition coefficient (Wildman–Crippen LogP) is -3.21. The van der Waals surface area contributed by atoms with Gasteiger partial charge >= 0.3 is 5.97 Å². The lowest BCUT2D eigenvalue weighted by Crippen LogP contribution is -2.61. The van der Waals surface area contributed by atoms with Gasteiger partial charge in [-0.15, -0.1) is 5.06 Å². The summed E-state index contributed by atoms with van der Waals surface area (Å²) in [6, 6.07) is -3.32. The minimum Gasteiger partial charge on any atom is -0.494 e. The maximum atomic E-state index is 15.0. The second-order valence-electron chi connectivity index (χ2n) is 20.8. The highest BCUT2D eigenvalue weighted by molar-refractivity contribution is 7.85. The Balaban J connectivity index is 1.38. The van der Waals surface area contributed by atoms with Crippen LogP contribution in [0.4, 0.5) is 0 Å². The molecule has 1 unspecified atom stereocenters. The molecule has 10 amide bonds. The summed E-state index contributed by atoms with van der Waals surface area (Å²) in [4.78, 5) is 171. The first-order valence-electron chi connectivity index (χ1n) is 27.1. The van der Waals surface area contributed by atoms with Gasteiger partial charge in [0, 0.05) is 68.9 Å². The number of H-pyrrole nitrogens is 1. The van der Waals surface area contributed by atoms with Crippen molar-refractivity contribution in [3.63, 3.8) is 0 Å². The van der Waals surface area contributed by atoms with Crippen molar-refractivity contribution in [1.29, 1.82) is 0 Å². The summed E-state index contributed by atoms with van der Waals surface area (Å²) in [5, 5.41) is 47.5. The van der Waals surface area contributed by atoms with Gasteiger partial charge < -0.3 is 72.4 Å². The molecule has 6 rings (SSSR count). The van der Waals surface area contributed by atoms with Gasteiger partial charge in [0.2, 0.25) is 47.3 Å². The fraction of sp³-hybridized carbons (Fsp3) is 0.615. The van der Waals surface area contributed by atoms with Crippen molar-refractivity contribution in [3.8, 4) is 5.75 Å². The number of amides is 10. The fourth-order valence-corrected chi connectivity index (χ4v) is 11.4.